The molecule has 1 fully saturated rings. The van der Waals surface area contributed by atoms with Gasteiger partial charge in [-0.15, -0.1) is 0 Å². The van der Waals surface area contributed by atoms with E-state index in [9.17, 15) is 14.0 Å². The molecule has 5 nitrogen and oxygen atoms in total. The lowest BCUT2D eigenvalue weighted by Crippen LogP contribution is -2.44. The lowest BCUT2D eigenvalue weighted by molar-refractivity contribution is -0.134. The molecule has 2 N–H and O–H groups in total. The van der Waals surface area contributed by atoms with Crippen molar-refractivity contribution in [2.24, 2.45) is 11.7 Å². The number of amides is 2. The minimum Gasteiger partial charge on any atom is -0.461 e. The van der Waals surface area contributed by atoms with E-state index in [4.69, 9.17) is 10.2 Å². The number of hydrogen-bond donors (Lipinski definition) is 1. The molecular weight excluding hydrogens is 323 g/mol. The number of halogens is 1. The van der Waals surface area contributed by atoms with Gasteiger partial charge in [0.15, 0.2) is 0 Å². The van der Waals surface area contributed by atoms with Crippen LogP contribution in [0, 0.1) is 11.7 Å². The summed E-state index contributed by atoms with van der Waals surface area (Å²) < 4.78 is 19.4. The number of rotatable bonds is 5. The number of carbonyl (C=O) groups is 2. The van der Waals surface area contributed by atoms with E-state index in [0.29, 0.717) is 36.6 Å². The highest BCUT2D eigenvalue weighted by molar-refractivity contribution is 5.80. The summed E-state index contributed by atoms with van der Waals surface area (Å²) in [5.41, 5.74) is 5.75. The SMILES string of the molecule is NC(=O)C1CCCN(C(=O)CCc2ccc(-c3ccccc3F)o2)C1. The number of piperidine rings is 1. The topological polar surface area (TPSA) is 76.5 Å². The van der Waals surface area contributed by atoms with Gasteiger partial charge >= 0.3 is 0 Å². The standard InChI is InChI=1S/C19H21FN2O3/c20-16-6-2-1-5-15(16)17-9-7-14(25-17)8-10-18(23)22-11-3-4-13(12-22)19(21)24/h1-2,5-7,9,13H,3-4,8,10-12H2,(H2,21,24). The predicted molar refractivity (Wildman–Crippen MR) is 90.9 cm³/mol. The van der Waals surface area contributed by atoms with Crippen molar-refractivity contribution in [3.63, 3.8) is 0 Å². The van der Waals surface area contributed by atoms with E-state index in [0.717, 1.165) is 12.8 Å². The van der Waals surface area contributed by atoms with E-state index < -0.39 is 0 Å². The average molecular weight is 344 g/mol. The van der Waals surface area contributed by atoms with Crippen molar-refractivity contribution < 1.29 is 18.4 Å². The van der Waals surface area contributed by atoms with Crippen LogP contribution in [0.2, 0.25) is 0 Å². The largest absolute Gasteiger partial charge is 0.461 e. The number of carbonyl (C=O) groups excluding carboxylic acids is 2. The molecule has 1 aliphatic rings. The fourth-order valence-electron chi connectivity index (χ4n) is 3.14. The van der Waals surface area contributed by atoms with Crippen LogP contribution >= 0.6 is 0 Å². The van der Waals surface area contributed by atoms with Gasteiger partial charge in [-0.25, -0.2) is 4.39 Å². The van der Waals surface area contributed by atoms with Crippen LogP contribution < -0.4 is 5.73 Å². The Kier molecular flexibility index (Phi) is 5.16. The van der Waals surface area contributed by atoms with E-state index >= 15 is 0 Å². The fourth-order valence-corrected chi connectivity index (χ4v) is 3.14. The Morgan fingerprint density at radius 1 is 1.24 bits per heavy atom. The van der Waals surface area contributed by atoms with Crippen molar-refractivity contribution in [1.29, 1.82) is 0 Å². The Morgan fingerprint density at radius 2 is 2.04 bits per heavy atom. The second kappa shape index (κ2) is 7.51. The van der Waals surface area contributed by atoms with Crippen molar-refractivity contribution in [3.05, 3.63) is 48.0 Å². The predicted octanol–water partition coefficient (Wildman–Crippen LogP) is 2.74. The number of hydrogen-bond acceptors (Lipinski definition) is 3. The summed E-state index contributed by atoms with van der Waals surface area (Å²) >= 11 is 0. The minimum absolute atomic E-state index is 0.0187. The molecule has 0 radical (unpaired) electrons. The highest BCUT2D eigenvalue weighted by Crippen LogP contribution is 2.25. The summed E-state index contributed by atoms with van der Waals surface area (Å²) in [6.07, 6.45) is 2.25. The monoisotopic (exact) mass is 344 g/mol. The van der Waals surface area contributed by atoms with Gasteiger partial charge in [-0.05, 0) is 37.1 Å². The summed E-state index contributed by atoms with van der Waals surface area (Å²) in [5, 5.41) is 0. The number of benzene rings is 1. The van der Waals surface area contributed by atoms with E-state index in [1.54, 1.807) is 35.2 Å². The third-order valence-corrected chi connectivity index (χ3v) is 4.56. The molecule has 1 aromatic carbocycles. The third-order valence-electron chi connectivity index (χ3n) is 4.56. The first-order valence-corrected chi connectivity index (χ1v) is 8.45. The van der Waals surface area contributed by atoms with Gasteiger partial charge in [0.25, 0.3) is 0 Å². The second-order valence-corrected chi connectivity index (χ2v) is 6.33. The Balaban J connectivity index is 1.58. The molecular formula is C19H21FN2O3. The molecule has 0 bridgehead atoms. The Hall–Kier alpha value is -2.63. The first-order chi connectivity index (χ1) is 12.0. The number of nitrogens with zero attached hydrogens (tertiary/aromatic N) is 1. The number of nitrogens with two attached hydrogens (primary N) is 1. The highest BCUT2D eigenvalue weighted by Gasteiger charge is 2.26. The Labute approximate surface area is 145 Å². The first-order valence-electron chi connectivity index (χ1n) is 8.45. The van der Waals surface area contributed by atoms with Crippen LogP contribution in [0.5, 0.6) is 0 Å². The van der Waals surface area contributed by atoms with E-state index in [1.807, 2.05) is 0 Å². The van der Waals surface area contributed by atoms with Crippen LogP contribution in [-0.4, -0.2) is 29.8 Å². The Morgan fingerprint density at radius 3 is 2.80 bits per heavy atom. The maximum absolute atomic E-state index is 13.8. The first kappa shape index (κ1) is 17.2. The number of likely N-dealkylation sites (tertiary alicyclic amines) is 1. The van der Waals surface area contributed by atoms with Gasteiger partial charge in [0.2, 0.25) is 11.8 Å². The van der Waals surface area contributed by atoms with Crippen LogP contribution in [0.1, 0.15) is 25.0 Å². The molecule has 0 spiro atoms. The van der Waals surface area contributed by atoms with Crippen LogP contribution in [0.3, 0.4) is 0 Å². The Bertz CT molecular complexity index is 772. The second-order valence-electron chi connectivity index (χ2n) is 6.33. The fraction of sp³-hybridized carbons (Fsp3) is 0.368. The normalized spacial score (nSPS) is 17.5. The molecule has 1 aromatic heterocycles. The molecule has 25 heavy (non-hydrogen) atoms. The molecule has 1 atom stereocenters. The van der Waals surface area contributed by atoms with Gasteiger partial charge in [-0.1, -0.05) is 12.1 Å². The highest BCUT2D eigenvalue weighted by atomic mass is 19.1. The van der Waals surface area contributed by atoms with Crippen LogP contribution in [-0.2, 0) is 16.0 Å². The zero-order valence-electron chi connectivity index (χ0n) is 13.9. The van der Waals surface area contributed by atoms with Gasteiger partial charge < -0.3 is 15.1 Å². The zero-order valence-corrected chi connectivity index (χ0v) is 13.9. The van der Waals surface area contributed by atoms with Crippen molar-refractivity contribution in [2.75, 3.05) is 13.1 Å². The van der Waals surface area contributed by atoms with Crippen LogP contribution in [0.25, 0.3) is 11.3 Å². The molecule has 0 aliphatic carbocycles. The molecule has 3 rings (SSSR count). The summed E-state index contributed by atoms with van der Waals surface area (Å²) in [7, 11) is 0. The molecule has 1 unspecified atom stereocenters. The van der Waals surface area contributed by atoms with Gasteiger partial charge in [-0.2, -0.15) is 0 Å². The lowest BCUT2D eigenvalue weighted by atomic mass is 9.97. The molecule has 6 heteroatoms. The van der Waals surface area contributed by atoms with Crippen LogP contribution in [0.4, 0.5) is 4.39 Å². The number of aryl methyl sites for hydroxylation is 1. The zero-order chi connectivity index (χ0) is 17.8. The van der Waals surface area contributed by atoms with Crippen molar-refractivity contribution in [3.8, 4) is 11.3 Å². The number of furan rings is 1. The molecule has 0 saturated carbocycles. The average Bonchev–Trinajstić information content (AvgIpc) is 3.09. The van der Waals surface area contributed by atoms with Crippen LogP contribution in [0.15, 0.2) is 40.8 Å². The van der Waals surface area contributed by atoms with Gasteiger partial charge in [0.05, 0.1) is 11.5 Å². The number of primary amides is 1. The van der Waals surface area contributed by atoms with E-state index in [-0.39, 0.29) is 30.0 Å². The van der Waals surface area contributed by atoms with E-state index in [2.05, 4.69) is 0 Å². The maximum Gasteiger partial charge on any atom is 0.223 e. The molecule has 1 aliphatic heterocycles. The van der Waals surface area contributed by atoms with Crippen molar-refractivity contribution >= 4 is 11.8 Å². The maximum atomic E-state index is 13.8. The smallest absolute Gasteiger partial charge is 0.223 e. The lowest BCUT2D eigenvalue weighted by Gasteiger charge is -2.31. The summed E-state index contributed by atoms with van der Waals surface area (Å²) in [4.78, 5) is 25.3. The molecule has 1 saturated heterocycles. The molecule has 132 valence electrons. The van der Waals surface area contributed by atoms with Gasteiger partial charge in [0, 0.05) is 25.9 Å². The quantitative estimate of drug-likeness (QED) is 0.906. The van der Waals surface area contributed by atoms with Gasteiger partial charge in [0.1, 0.15) is 17.3 Å². The summed E-state index contributed by atoms with van der Waals surface area (Å²) in [5.74, 6) is 0.120. The summed E-state index contributed by atoms with van der Waals surface area (Å²) in [6, 6.07) is 9.88. The molecule has 2 aromatic rings. The van der Waals surface area contributed by atoms with E-state index in [1.165, 1.54) is 6.07 Å². The minimum atomic E-state index is -0.349. The third kappa shape index (κ3) is 4.07. The van der Waals surface area contributed by atoms with Gasteiger partial charge in [-0.3, -0.25) is 9.59 Å². The summed E-state index contributed by atoms with van der Waals surface area (Å²) in [6.45, 7) is 1.05. The molecule has 2 amide bonds. The van der Waals surface area contributed by atoms with Crippen molar-refractivity contribution in [1.82, 2.24) is 4.90 Å². The van der Waals surface area contributed by atoms with Crippen molar-refractivity contribution in [2.45, 2.75) is 25.7 Å². The molecule has 2 heterocycles.